The van der Waals surface area contributed by atoms with Crippen LogP contribution in [0.3, 0.4) is 0 Å². The first-order chi connectivity index (χ1) is 12.5. The summed E-state index contributed by atoms with van der Waals surface area (Å²) in [7, 11) is 3.13. The molecule has 0 aliphatic rings. The standard InChI is InChI=1S/C19H18N4O3/c1-23-18(24)9-7-16(22-23)19(25)21-17-8-6-14(12-20-17)10-13-4-3-5-15(11-13)26-2/h3-9,11-12H,10H2,1-2H3,(H,20,21,25). The lowest BCUT2D eigenvalue weighted by Gasteiger charge is -2.07. The molecule has 3 rings (SSSR count). The smallest absolute Gasteiger partial charge is 0.277 e. The van der Waals surface area contributed by atoms with Crippen LogP contribution < -0.4 is 15.6 Å². The lowest BCUT2D eigenvalue weighted by molar-refractivity contribution is 0.101. The summed E-state index contributed by atoms with van der Waals surface area (Å²) >= 11 is 0. The fraction of sp³-hybridized carbons (Fsp3) is 0.158. The van der Waals surface area contributed by atoms with E-state index >= 15 is 0 Å². The number of hydrogen-bond donors (Lipinski definition) is 1. The highest BCUT2D eigenvalue weighted by Gasteiger charge is 2.10. The maximum atomic E-state index is 12.2. The van der Waals surface area contributed by atoms with Crippen molar-refractivity contribution in [2.45, 2.75) is 6.42 Å². The van der Waals surface area contributed by atoms with Crippen molar-refractivity contribution in [3.05, 3.63) is 81.9 Å². The number of amides is 1. The molecule has 0 aliphatic carbocycles. The van der Waals surface area contributed by atoms with Crippen LogP contribution in [0.2, 0.25) is 0 Å². The van der Waals surface area contributed by atoms with Crippen LogP contribution in [0.4, 0.5) is 5.82 Å². The SMILES string of the molecule is COc1cccc(Cc2ccc(NC(=O)c3ccc(=O)n(C)n3)nc2)c1. The zero-order valence-corrected chi connectivity index (χ0v) is 14.5. The summed E-state index contributed by atoms with van der Waals surface area (Å²) in [4.78, 5) is 27.8. The Bertz CT molecular complexity index is 981. The number of aromatic nitrogens is 3. The number of pyridine rings is 1. The van der Waals surface area contributed by atoms with Gasteiger partial charge in [0.1, 0.15) is 17.3 Å². The van der Waals surface area contributed by atoms with Crippen LogP contribution in [-0.4, -0.2) is 27.8 Å². The zero-order chi connectivity index (χ0) is 18.5. The summed E-state index contributed by atoms with van der Waals surface area (Å²) < 4.78 is 6.33. The molecule has 0 aliphatic heterocycles. The number of aryl methyl sites for hydroxylation is 1. The lowest BCUT2D eigenvalue weighted by Crippen LogP contribution is -2.23. The van der Waals surface area contributed by atoms with Gasteiger partial charge in [-0.15, -0.1) is 0 Å². The fourth-order valence-electron chi connectivity index (χ4n) is 2.42. The third-order valence-electron chi connectivity index (χ3n) is 3.80. The zero-order valence-electron chi connectivity index (χ0n) is 14.5. The van der Waals surface area contributed by atoms with Crippen molar-refractivity contribution in [1.82, 2.24) is 14.8 Å². The number of anilines is 1. The molecule has 0 radical (unpaired) electrons. The Labute approximate surface area is 150 Å². The van der Waals surface area contributed by atoms with Gasteiger partial charge in [-0.1, -0.05) is 18.2 Å². The number of rotatable bonds is 5. The number of nitrogens with zero attached hydrogens (tertiary/aromatic N) is 3. The Balaban J connectivity index is 1.68. The van der Waals surface area contributed by atoms with Crippen molar-refractivity contribution in [2.75, 3.05) is 12.4 Å². The first kappa shape index (κ1) is 17.3. The van der Waals surface area contributed by atoms with Crippen LogP contribution in [-0.2, 0) is 13.5 Å². The van der Waals surface area contributed by atoms with E-state index in [0.29, 0.717) is 12.2 Å². The van der Waals surface area contributed by atoms with Gasteiger partial charge in [-0.2, -0.15) is 5.10 Å². The highest BCUT2D eigenvalue weighted by atomic mass is 16.5. The lowest BCUT2D eigenvalue weighted by atomic mass is 10.1. The molecule has 7 heteroatoms. The molecule has 7 nitrogen and oxygen atoms in total. The summed E-state index contributed by atoms with van der Waals surface area (Å²) in [5.41, 5.74) is 1.99. The topological polar surface area (TPSA) is 86.1 Å². The third-order valence-corrected chi connectivity index (χ3v) is 3.80. The highest BCUT2D eigenvalue weighted by Crippen LogP contribution is 2.16. The van der Waals surface area contributed by atoms with Crippen molar-refractivity contribution >= 4 is 11.7 Å². The molecule has 0 saturated carbocycles. The quantitative estimate of drug-likeness (QED) is 0.761. The van der Waals surface area contributed by atoms with Crippen molar-refractivity contribution in [3.63, 3.8) is 0 Å². The van der Waals surface area contributed by atoms with Gasteiger partial charge < -0.3 is 10.1 Å². The maximum Gasteiger partial charge on any atom is 0.277 e. The van der Waals surface area contributed by atoms with E-state index < -0.39 is 5.91 Å². The number of methoxy groups -OCH3 is 1. The summed E-state index contributed by atoms with van der Waals surface area (Å²) in [6.45, 7) is 0. The molecule has 0 bridgehead atoms. The average molecular weight is 350 g/mol. The Morgan fingerprint density at radius 1 is 1.15 bits per heavy atom. The van der Waals surface area contributed by atoms with Crippen molar-refractivity contribution in [2.24, 2.45) is 7.05 Å². The molecule has 3 aromatic rings. The highest BCUT2D eigenvalue weighted by molar-refractivity contribution is 6.02. The summed E-state index contributed by atoms with van der Waals surface area (Å²) in [5.74, 6) is 0.804. The monoisotopic (exact) mass is 350 g/mol. The fourth-order valence-corrected chi connectivity index (χ4v) is 2.42. The number of carbonyl (C=O) groups excluding carboxylic acids is 1. The Morgan fingerprint density at radius 3 is 2.69 bits per heavy atom. The van der Waals surface area contributed by atoms with Crippen LogP contribution in [0.15, 0.2) is 59.5 Å². The largest absolute Gasteiger partial charge is 0.497 e. The van der Waals surface area contributed by atoms with E-state index in [4.69, 9.17) is 4.74 Å². The molecule has 132 valence electrons. The minimum Gasteiger partial charge on any atom is -0.497 e. The normalized spacial score (nSPS) is 10.4. The van der Waals surface area contributed by atoms with Gasteiger partial charge in [0.2, 0.25) is 0 Å². The number of ether oxygens (including phenoxy) is 1. The third kappa shape index (κ3) is 4.13. The molecule has 0 fully saturated rings. The first-order valence-electron chi connectivity index (χ1n) is 7.99. The van der Waals surface area contributed by atoms with E-state index in [0.717, 1.165) is 21.6 Å². The molecule has 0 spiro atoms. The second-order valence-corrected chi connectivity index (χ2v) is 5.71. The minimum atomic E-state index is -0.423. The van der Waals surface area contributed by atoms with Gasteiger partial charge in [0.05, 0.1) is 7.11 Å². The molecule has 1 aromatic carbocycles. The molecule has 1 amide bonds. The van der Waals surface area contributed by atoms with E-state index in [1.807, 2.05) is 30.3 Å². The Morgan fingerprint density at radius 2 is 2.00 bits per heavy atom. The Hall–Kier alpha value is -3.48. The maximum absolute atomic E-state index is 12.2. The summed E-state index contributed by atoms with van der Waals surface area (Å²) in [6.07, 6.45) is 2.42. The molecule has 0 unspecified atom stereocenters. The molecule has 1 N–H and O–H groups in total. The van der Waals surface area contributed by atoms with E-state index in [1.54, 1.807) is 19.4 Å². The summed E-state index contributed by atoms with van der Waals surface area (Å²) in [6, 6.07) is 14.1. The van der Waals surface area contributed by atoms with E-state index in [1.165, 1.54) is 19.2 Å². The minimum absolute atomic E-state index is 0.148. The molecule has 2 aromatic heterocycles. The van der Waals surface area contributed by atoms with Crippen LogP contribution in [0, 0.1) is 0 Å². The van der Waals surface area contributed by atoms with Crippen molar-refractivity contribution < 1.29 is 9.53 Å². The molecular formula is C19H18N4O3. The van der Waals surface area contributed by atoms with E-state index in [2.05, 4.69) is 15.4 Å². The van der Waals surface area contributed by atoms with Gasteiger partial charge in [-0.3, -0.25) is 9.59 Å². The van der Waals surface area contributed by atoms with E-state index in [-0.39, 0.29) is 11.3 Å². The predicted molar refractivity (Wildman–Crippen MR) is 97.5 cm³/mol. The second-order valence-electron chi connectivity index (χ2n) is 5.71. The van der Waals surface area contributed by atoms with Crippen LogP contribution >= 0.6 is 0 Å². The average Bonchev–Trinajstić information content (AvgIpc) is 2.65. The van der Waals surface area contributed by atoms with Crippen LogP contribution in [0.1, 0.15) is 21.6 Å². The molecule has 0 saturated heterocycles. The number of hydrogen-bond acceptors (Lipinski definition) is 5. The van der Waals surface area contributed by atoms with Gasteiger partial charge in [0, 0.05) is 19.3 Å². The number of benzene rings is 1. The number of nitrogens with one attached hydrogen (secondary N) is 1. The van der Waals surface area contributed by atoms with Gasteiger partial charge in [-0.25, -0.2) is 9.67 Å². The van der Waals surface area contributed by atoms with Gasteiger partial charge in [0.15, 0.2) is 0 Å². The van der Waals surface area contributed by atoms with Gasteiger partial charge in [-0.05, 0) is 41.8 Å². The molecule has 2 heterocycles. The number of carbonyl (C=O) groups is 1. The second kappa shape index (κ2) is 7.60. The predicted octanol–water partition coefficient (Wildman–Crippen LogP) is 2.03. The first-order valence-corrected chi connectivity index (χ1v) is 7.99. The Kier molecular flexibility index (Phi) is 5.07. The van der Waals surface area contributed by atoms with Crippen molar-refractivity contribution in [1.29, 1.82) is 0 Å². The van der Waals surface area contributed by atoms with Crippen LogP contribution in [0.25, 0.3) is 0 Å². The molecule has 26 heavy (non-hydrogen) atoms. The van der Waals surface area contributed by atoms with E-state index in [9.17, 15) is 9.59 Å². The van der Waals surface area contributed by atoms with Gasteiger partial charge >= 0.3 is 0 Å². The van der Waals surface area contributed by atoms with Gasteiger partial charge in [0.25, 0.3) is 11.5 Å². The molecule has 0 atom stereocenters. The van der Waals surface area contributed by atoms with Crippen LogP contribution in [0.5, 0.6) is 5.75 Å². The molecular weight excluding hydrogens is 332 g/mol. The van der Waals surface area contributed by atoms with Crippen molar-refractivity contribution in [3.8, 4) is 5.75 Å². The summed E-state index contributed by atoms with van der Waals surface area (Å²) in [5, 5.41) is 6.58.